The zero-order valence-electron chi connectivity index (χ0n) is 11.7. The molecule has 0 bridgehead atoms. The molecule has 1 heterocycles. The molecule has 1 unspecified atom stereocenters. The van der Waals surface area contributed by atoms with Gasteiger partial charge in [-0.2, -0.15) is 0 Å². The number of nitrogens with one attached hydrogen (secondary N) is 1. The largest absolute Gasteiger partial charge is 0.497 e. The summed E-state index contributed by atoms with van der Waals surface area (Å²) >= 11 is 0. The van der Waals surface area contributed by atoms with E-state index in [0.717, 1.165) is 17.9 Å². The van der Waals surface area contributed by atoms with Crippen molar-refractivity contribution in [2.45, 2.75) is 32.4 Å². The summed E-state index contributed by atoms with van der Waals surface area (Å²) in [6, 6.07) is 12.6. The molecule has 0 amide bonds. The van der Waals surface area contributed by atoms with E-state index in [-0.39, 0.29) is 12.1 Å². The van der Waals surface area contributed by atoms with Crippen molar-refractivity contribution in [3.8, 4) is 5.75 Å². The third-order valence-corrected chi connectivity index (χ3v) is 3.34. The van der Waals surface area contributed by atoms with Crippen LogP contribution in [0.25, 0.3) is 0 Å². The van der Waals surface area contributed by atoms with E-state index in [9.17, 15) is 0 Å². The Morgan fingerprint density at radius 1 is 1.26 bits per heavy atom. The van der Waals surface area contributed by atoms with Gasteiger partial charge in [0.1, 0.15) is 11.5 Å². The quantitative estimate of drug-likeness (QED) is 0.848. The number of benzene rings is 1. The minimum atomic E-state index is 0.233. The fraction of sp³-hybridized carbons (Fsp3) is 0.375. The van der Waals surface area contributed by atoms with Crippen molar-refractivity contribution in [3.63, 3.8) is 0 Å². The van der Waals surface area contributed by atoms with Gasteiger partial charge in [-0.05, 0) is 43.2 Å². The van der Waals surface area contributed by atoms with Gasteiger partial charge in [0.15, 0.2) is 0 Å². The highest BCUT2D eigenvalue weighted by Gasteiger charge is 2.16. The molecule has 1 aromatic heterocycles. The number of rotatable bonds is 6. The Morgan fingerprint density at radius 2 is 2.11 bits per heavy atom. The molecule has 1 N–H and O–H groups in total. The van der Waals surface area contributed by atoms with Crippen molar-refractivity contribution < 1.29 is 9.15 Å². The molecule has 0 aliphatic rings. The Bertz CT molecular complexity index is 493. The summed E-state index contributed by atoms with van der Waals surface area (Å²) in [4.78, 5) is 0. The summed E-state index contributed by atoms with van der Waals surface area (Å²) in [5, 5.41) is 3.59. The smallest absolute Gasteiger partial charge is 0.120 e. The molecular formula is C16H21NO2. The molecule has 0 aliphatic heterocycles. The second-order valence-corrected chi connectivity index (χ2v) is 4.64. The van der Waals surface area contributed by atoms with Crippen molar-refractivity contribution in [3.05, 3.63) is 54.0 Å². The van der Waals surface area contributed by atoms with Crippen LogP contribution in [0.4, 0.5) is 0 Å². The Kier molecular flexibility index (Phi) is 4.63. The topological polar surface area (TPSA) is 34.4 Å². The van der Waals surface area contributed by atoms with Gasteiger partial charge in [0.2, 0.25) is 0 Å². The van der Waals surface area contributed by atoms with Gasteiger partial charge in [-0.25, -0.2) is 0 Å². The Hall–Kier alpha value is -1.74. The number of hydrogen-bond acceptors (Lipinski definition) is 3. The van der Waals surface area contributed by atoms with Crippen molar-refractivity contribution in [1.82, 2.24) is 5.32 Å². The van der Waals surface area contributed by atoms with Gasteiger partial charge in [0.25, 0.3) is 0 Å². The predicted octanol–water partition coefficient (Wildman–Crippen LogP) is 4.09. The average molecular weight is 259 g/mol. The van der Waals surface area contributed by atoms with Crippen molar-refractivity contribution in [2.75, 3.05) is 7.11 Å². The molecule has 0 saturated carbocycles. The van der Waals surface area contributed by atoms with Crippen LogP contribution in [-0.4, -0.2) is 7.11 Å². The van der Waals surface area contributed by atoms with Gasteiger partial charge in [-0.3, -0.25) is 0 Å². The molecule has 0 radical (unpaired) electrons. The maximum Gasteiger partial charge on any atom is 0.120 e. The van der Waals surface area contributed by atoms with Crippen LogP contribution in [0.1, 0.15) is 43.7 Å². The molecule has 3 heteroatoms. The standard InChI is InChI=1S/C16H21NO2/c1-4-15(16-9-6-10-19-16)17-12(2)13-7-5-8-14(11-13)18-3/h5-12,15,17H,4H2,1-3H3/t12-,15?/m1/s1. The summed E-state index contributed by atoms with van der Waals surface area (Å²) in [7, 11) is 1.69. The normalized spacial score (nSPS) is 14.1. The number of ether oxygens (including phenoxy) is 1. The zero-order valence-corrected chi connectivity index (χ0v) is 11.7. The van der Waals surface area contributed by atoms with Crippen molar-refractivity contribution >= 4 is 0 Å². The lowest BCUT2D eigenvalue weighted by Gasteiger charge is -2.21. The molecule has 0 spiro atoms. The number of methoxy groups -OCH3 is 1. The van der Waals surface area contributed by atoms with E-state index in [1.54, 1.807) is 13.4 Å². The van der Waals surface area contributed by atoms with Crippen molar-refractivity contribution in [1.29, 1.82) is 0 Å². The van der Waals surface area contributed by atoms with Crippen LogP contribution in [0.15, 0.2) is 47.1 Å². The van der Waals surface area contributed by atoms with Crippen LogP contribution in [0, 0.1) is 0 Å². The Balaban J connectivity index is 2.08. The first kappa shape index (κ1) is 13.7. The molecule has 3 nitrogen and oxygen atoms in total. The predicted molar refractivity (Wildman–Crippen MR) is 76.3 cm³/mol. The van der Waals surface area contributed by atoms with Gasteiger partial charge in [-0.15, -0.1) is 0 Å². The Labute approximate surface area is 114 Å². The fourth-order valence-electron chi connectivity index (χ4n) is 2.20. The molecule has 19 heavy (non-hydrogen) atoms. The lowest BCUT2D eigenvalue weighted by Crippen LogP contribution is -2.23. The first-order valence-corrected chi connectivity index (χ1v) is 6.68. The van der Waals surface area contributed by atoms with Crippen LogP contribution < -0.4 is 10.1 Å². The highest BCUT2D eigenvalue weighted by Crippen LogP contribution is 2.24. The lowest BCUT2D eigenvalue weighted by molar-refractivity contribution is 0.375. The summed E-state index contributed by atoms with van der Waals surface area (Å²) in [6.07, 6.45) is 2.71. The zero-order chi connectivity index (χ0) is 13.7. The maximum atomic E-state index is 5.48. The summed E-state index contributed by atoms with van der Waals surface area (Å²) in [6.45, 7) is 4.30. The van der Waals surface area contributed by atoms with Gasteiger partial charge in [0, 0.05) is 6.04 Å². The molecule has 0 aliphatic carbocycles. The highest BCUT2D eigenvalue weighted by atomic mass is 16.5. The number of hydrogen-bond donors (Lipinski definition) is 1. The highest BCUT2D eigenvalue weighted by molar-refractivity contribution is 5.30. The maximum absolute atomic E-state index is 5.48. The summed E-state index contributed by atoms with van der Waals surface area (Å²) in [5.41, 5.74) is 1.21. The van der Waals surface area contributed by atoms with Crippen LogP contribution in [-0.2, 0) is 0 Å². The second kappa shape index (κ2) is 6.43. The first-order valence-electron chi connectivity index (χ1n) is 6.68. The molecule has 1 aromatic carbocycles. The second-order valence-electron chi connectivity index (χ2n) is 4.64. The minimum Gasteiger partial charge on any atom is -0.497 e. The fourth-order valence-corrected chi connectivity index (χ4v) is 2.20. The monoisotopic (exact) mass is 259 g/mol. The van der Waals surface area contributed by atoms with Gasteiger partial charge >= 0.3 is 0 Å². The van der Waals surface area contributed by atoms with Gasteiger partial charge in [0.05, 0.1) is 19.4 Å². The molecular weight excluding hydrogens is 238 g/mol. The van der Waals surface area contributed by atoms with E-state index in [0.29, 0.717) is 0 Å². The molecule has 0 fully saturated rings. The molecule has 2 rings (SSSR count). The van der Waals surface area contributed by atoms with Gasteiger partial charge in [-0.1, -0.05) is 19.1 Å². The SMILES string of the molecule is CCC(N[C@H](C)c1cccc(OC)c1)c1ccco1. The summed E-state index contributed by atoms with van der Waals surface area (Å²) in [5.74, 6) is 1.87. The van der Waals surface area contributed by atoms with Gasteiger partial charge < -0.3 is 14.5 Å². The molecule has 102 valence electrons. The van der Waals surface area contributed by atoms with E-state index in [1.165, 1.54) is 5.56 Å². The van der Waals surface area contributed by atoms with Crippen LogP contribution in [0.5, 0.6) is 5.75 Å². The van der Waals surface area contributed by atoms with Crippen LogP contribution in [0.2, 0.25) is 0 Å². The van der Waals surface area contributed by atoms with E-state index < -0.39 is 0 Å². The van der Waals surface area contributed by atoms with E-state index in [2.05, 4.69) is 31.3 Å². The third-order valence-electron chi connectivity index (χ3n) is 3.34. The minimum absolute atomic E-state index is 0.233. The Morgan fingerprint density at radius 3 is 2.74 bits per heavy atom. The average Bonchev–Trinajstić information content (AvgIpc) is 2.98. The lowest BCUT2D eigenvalue weighted by atomic mass is 10.1. The molecule has 2 atom stereocenters. The summed E-state index contributed by atoms with van der Waals surface area (Å²) < 4.78 is 10.7. The number of furan rings is 1. The van der Waals surface area contributed by atoms with Crippen molar-refractivity contribution in [2.24, 2.45) is 0 Å². The molecule has 2 aromatic rings. The molecule has 0 saturated heterocycles. The van der Waals surface area contributed by atoms with E-state index in [4.69, 9.17) is 9.15 Å². The third kappa shape index (κ3) is 3.38. The van der Waals surface area contributed by atoms with Crippen LogP contribution >= 0.6 is 0 Å². The van der Waals surface area contributed by atoms with E-state index >= 15 is 0 Å². The van der Waals surface area contributed by atoms with Crippen LogP contribution in [0.3, 0.4) is 0 Å². The first-order chi connectivity index (χ1) is 9.24. The van der Waals surface area contributed by atoms with E-state index in [1.807, 2.05) is 24.3 Å².